The summed E-state index contributed by atoms with van der Waals surface area (Å²) in [6, 6.07) is 6.92. The lowest BCUT2D eigenvalue weighted by atomic mass is 9.88. The molecule has 0 amide bonds. The standard InChI is InChI=1S/C13H19N/c1-10(9-14)12-7-6-11-4-2-3-5-13(11)8-12/h6-8,10H,2-5,9,14H2,1H3/t10-/m1/s1. The molecule has 2 N–H and O–H groups in total. The first-order chi connectivity index (χ1) is 6.81. The van der Waals surface area contributed by atoms with Crippen LogP contribution in [0.2, 0.25) is 0 Å². The van der Waals surface area contributed by atoms with Gasteiger partial charge in [-0.25, -0.2) is 0 Å². The molecule has 1 aromatic carbocycles. The van der Waals surface area contributed by atoms with E-state index in [-0.39, 0.29) is 0 Å². The van der Waals surface area contributed by atoms with Crippen molar-refractivity contribution in [2.45, 2.75) is 38.5 Å². The fraction of sp³-hybridized carbons (Fsp3) is 0.538. The summed E-state index contributed by atoms with van der Waals surface area (Å²) in [4.78, 5) is 0. The second-order valence-electron chi connectivity index (χ2n) is 4.37. The molecule has 0 saturated heterocycles. The smallest absolute Gasteiger partial charge is 0.00109 e. The van der Waals surface area contributed by atoms with Gasteiger partial charge in [-0.1, -0.05) is 25.1 Å². The van der Waals surface area contributed by atoms with Crippen LogP contribution < -0.4 is 5.73 Å². The van der Waals surface area contributed by atoms with Crippen LogP contribution in [-0.4, -0.2) is 6.54 Å². The Morgan fingerprint density at radius 1 is 1.21 bits per heavy atom. The average molecular weight is 189 g/mol. The topological polar surface area (TPSA) is 26.0 Å². The van der Waals surface area contributed by atoms with E-state index in [0.29, 0.717) is 5.92 Å². The molecule has 0 unspecified atom stereocenters. The molecule has 1 aromatic rings. The van der Waals surface area contributed by atoms with E-state index in [4.69, 9.17) is 5.73 Å². The lowest BCUT2D eigenvalue weighted by Crippen LogP contribution is -2.10. The molecule has 0 fully saturated rings. The Bertz CT molecular complexity index is 317. The first-order valence-electron chi connectivity index (χ1n) is 5.63. The zero-order chi connectivity index (χ0) is 9.97. The number of rotatable bonds is 2. The monoisotopic (exact) mass is 189 g/mol. The van der Waals surface area contributed by atoms with Crippen molar-refractivity contribution in [2.75, 3.05) is 6.54 Å². The van der Waals surface area contributed by atoms with Crippen LogP contribution >= 0.6 is 0 Å². The van der Waals surface area contributed by atoms with Crippen molar-refractivity contribution in [3.8, 4) is 0 Å². The Balaban J connectivity index is 2.29. The minimum Gasteiger partial charge on any atom is -0.330 e. The highest BCUT2D eigenvalue weighted by Gasteiger charge is 2.11. The molecular formula is C13H19N. The SMILES string of the molecule is C[C@H](CN)c1ccc2c(c1)CCCC2. The maximum absolute atomic E-state index is 5.68. The number of hydrogen-bond acceptors (Lipinski definition) is 1. The predicted molar refractivity (Wildman–Crippen MR) is 60.6 cm³/mol. The molecule has 1 aliphatic carbocycles. The molecule has 0 saturated carbocycles. The third-order valence-corrected chi connectivity index (χ3v) is 3.30. The first kappa shape index (κ1) is 9.72. The lowest BCUT2D eigenvalue weighted by molar-refractivity contribution is 0.680. The largest absolute Gasteiger partial charge is 0.330 e. The predicted octanol–water partition coefficient (Wildman–Crippen LogP) is 2.63. The summed E-state index contributed by atoms with van der Waals surface area (Å²) in [7, 11) is 0. The summed E-state index contributed by atoms with van der Waals surface area (Å²) < 4.78 is 0. The zero-order valence-electron chi connectivity index (χ0n) is 8.92. The molecule has 0 aromatic heterocycles. The molecule has 0 aliphatic heterocycles. The first-order valence-corrected chi connectivity index (χ1v) is 5.63. The molecule has 0 spiro atoms. The molecule has 14 heavy (non-hydrogen) atoms. The van der Waals surface area contributed by atoms with Crippen molar-refractivity contribution in [1.29, 1.82) is 0 Å². The maximum atomic E-state index is 5.68. The van der Waals surface area contributed by atoms with E-state index in [0.717, 1.165) is 6.54 Å². The molecule has 76 valence electrons. The zero-order valence-corrected chi connectivity index (χ0v) is 8.92. The van der Waals surface area contributed by atoms with Gasteiger partial charge in [-0.2, -0.15) is 0 Å². The normalized spacial score (nSPS) is 17.6. The van der Waals surface area contributed by atoms with Gasteiger partial charge in [0.05, 0.1) is 0 Å². The van der Waals surface area contributed by atoms with Crippen molar-refractivity contribution in [3.05, 3.63) is 34.9 Å². The molecule has 1 aliphatic rings. The van der Waals surface area contributed by atoms with E-state index in [9.17, 15) is 0 Å². The van der Waals surface area contributed by atoms with Gasteiger partial charge in [0.2, 0.25) is 0 Å². The van der Waals surface area contributed by atoms with E-state index >= 15 is 0 Å². The van der Waals surface area contributed by atoms with Crippen molar-refractivity contribution < 1.29 is 0 Å². The number of aryl methyl sites for hydroxylation is 2. The summed E-state index contributed by atoms with van der Waals surface area (Å²) in [5.74, 6) is 0.502. The van der Waals surface area contributed by atoms with Gasteiger partial charge in [0.25, 0.3) is 0 Å². The van der Waals surface area contributed by atoms with Gasteiger partial charge in [0.1, 0.15) is 0 Å². The Morgan fingerprint density at radius 3 is 2.64 bits per heavy atom. The number of fused-ring (bicyclic) bond motifs is 1. The van der Waals surface area contributed by atoms with Gasteiger partial charge < -0.3 is 5.73 Å². The van der Waals surface area contributed by atoms with Gasteiger partial charge in [0.15, 0.2) is 0 Å². The molecule has 0 heterocycles. The van der Waals surface area contributed by atoms with Crippen LogP contribution in [0.15, 0.2) is 18.2 Å². The van der Waals surface area contributed by atoms with E-state index in [1.54, 1.807) is 11.1 Å². The lowest BCUT2D eigenvalue weighted by Gasteiger charge is -2.18. The molecule has 1 heteroatoms. The molecule has 0 radical (unpaired) electrons. The van der Waals surface area contributed by atoms with Gasteiger partial charge in [0, 0.05) is 0 Å². The molecular weight excluding hydrogens is 170 g/mol. The Hall–Kier alpha value is -0.820. The van der Waals surface area contributed by atoms with Crippen molar-refractivity contribution in [2.24, 2.45) is 5.73 Å². The van der Waals surface area contributed by atoms with Gasteiger partial charge >= 0.3 is 0 Å². The Labute approximate surface area is 86.3 Å². The van der Waals surface area contributed by atoms with Gasteiger partial charge in [-0.05, 0) is 54.8 Å². The van der Waals surface area contributed by atoms with E-state index in [1.165, 1.54) is 31.2 Å². The Kier molecular flexibility index (Phi) is 2.87. The van der Waals surface area contributed by atoms with Crippen molar-refractivity contribution in [1.82, 2.24) is 0 Å². The van der Waals surface area contributed by atoms with Gasteiger partial charge in [-0.3, -0.25) is 0 Å². The van der Waals surface area contributed by atoms with E-state index in [2.05, 4.69) is 25.1 Å². The summed E-state index contributed by atoms with van der Waals surface area (Å²) in [5, 5.41) is 0. The van der Waals surface area contributed by atoms with Crippen LogP contribution in [0.5, 0.6) is 0 Å². The van der Waals surface area contributed by atoms with E-state index in [1.807, 2.05) is 0 Å². The van der Waals surface area contributed by atoms with Gasteiger partial charge in [-0.15, -0.1) is 0 Å². The van der Waals surface area contributed by atoms with Crippen LogP contribution in [0.1, 0.15) is 42.4 Å². The molecule has 0 bridgehead atoms. The highest BCUT2D eigenvalue weighted by molar-refractivity contribution is 5.35. The number of hydrogen-bond donors (Lipinski definition) is 1. The van der Waals surface area contributed by atoms with Crippen LogP contribution in [0, 0.1) is 0 Å². The van der Waals surface area contributed by atoms with Crippen LogP contribution in [0.3, 0.4) is 0 Å². The third-order valence-electron chi connectivity index (χ3n) is 3.30. The summed E-state index contributed by atoms with van der Waals surface area (Å²) in [6.45, 7) is 2.95. The molecule has 1 atom stereocenters. The fourth-order valence-corrected chi connectivity index (χ4v) is 2.20. The minimum absolute atomic E-state index is 0.502. The summed E-state index contributed by atoms with van der Waals surface area (Å²) >= 11 is 0. The highest BCUT2D eigenvalue weighted by Crippen LogP contribution is 2.24. The third kappa shape index (κ3) is 1.83. The highest BCUT2D eigenvalue weighted by atomic mass is 14.5. The average Bonchev–Trinajstić information content (AvgIpc) is 2.27. The number of nitrogens with two attached hydrogens (primary N) is 1. The van der Waals surface area contributed by atoms with E-state index < -0.39 is 0 Å². The van der Waals surface area contributed by atoms with Crippen LogP contribution in [0.4, 0.5) is 0 Å². The molecule has 1 nitrogen and oxygen atoms in total. The summed E-state index contributed by atoms with van der Waals surface area (Å²) in [6.07, 6.45) is 5.25. The quantitative estimate of drug-likeness (QED) is 0.760. The van der Waals surface area contributed by atoms with Crippen molar-refractivity contribution in [3.63, 3.8) is 0 Å². The Morgan fingerprint density at radius 2 is 1.93 bits per heavy atom. The second kappa shape index (κ2) is 4.14. The minimum atomic E-state index is 0.502. The maximum Gasteiger partial charge on any atom is -0.00109 e. The van der Waals surface area contributed by atoms with Crippen molar-refractivity contribution >= 4 is 0 Å². The number of benzene rings is 1. The molecule has 2 rings (SSSR count). The fourth-order valence-electron chi connectivity index (χ4n) is 2.20. The summed E-state index contributed by atoms with van der Waals surface area (Å²) in [5.41, 5.74) is 10.2. The van der Waals surface area contributed by atoms with Crippen LogP contribution in [0.25, 0.3) is 0 Å². The van der Waals surface area contributed by atoms with Crippen LogP contribution in [-0.2, 0) is 12.8 Å². The second-order valence-corrected chi connectivity index (χ2v) is 4.37.